The van der Waals surface area contributed by atoms with Gasteiger partial charge < -0.3 is 14.1 Å². The Kier molecular flexibility index (Phi) is 4.29. The van der Waals surface area contributed by atoms with Crippen molar-refractivity contribution >= 4 is 22.8 Å². The van der Waals surface area contributed by atoms with Gasteiger partial charge in [0.2, 0.25) is 11.8 Å². The van der Waals surface area contributed by atoms with Crippen LogP contribution in [0.3, 0.4) is 0 Å². The smallest absolute Gasteiger partial charge is 0.247 e. The second-order valence-electron chi connectivity index (χ2n) is 5.34. The van der Waals surface area contributed by atoms with Crippen LogP contribution in [0.5, 0.6) is 5.75 Å². The Hall–Kier alpha value is -2.94. The van der Waals surface area contributed by atoms with E-state index in [1.165, 1.54) is 11.8 Å². The normalized spacial score (nSPS) is 11.2. The van der Waals surface area contributed by atoms with Crippen molar-refractivity contribution in [3.63, 3.8) is 0 Å². The number of rotatable bonds is 5. The number of fused-ring (bicyclic) bond motifs is 1. The Morgan fingerprint density at radius 2 is 1.88 bits per heavy atom. The molecule has 0 amide bonds. The summed E-state index contributed by atoms with van der Waals surface area (Å²) in [5.41, 5.74) is 1.57. The molecule has 2 aromatic carbocycles. The summed E-state index contributed by atoms with van der Waals surface area (Å²) >= 11 is 1.30. The van der Waals surface area contributed by atoms with E-state index in [0.29, 0.717) is 33.7 Å². The lowest BCUT2D eigenvalue weighted by Gasteiger charge is -1.99. The maximum absolute atomic E-state index is 13.2. The van der Waals surface area contributed by atoms with E-state index < -0.39 is 11.6 Å². The highest BCUT2D eigenvalue weighted by atomic mass is 32.2. The van der Waals surface area contributed by atoms with Crippen LogP contribution in [-0.4, -0.2) is 27.3 Å². The van der Waals surface area contributed by atoms with E-state index in [1.807, 2.05) is 12.1 Å². The van der Waals surface area contributed by atoms with Crippen LogP contribution in [0.1, 0.15) is 5.89 Å². The van der Waals surface area contributed by atoms with Gasteiger partial charge in [0.05, 0.1) is 23.9 Å². The lowest BCUT2D eigenvalue weighted by atomic mass is 10.2. The summed E-state index contributed by atoms with van der Waals surface area (Å²) in [7, 11) is 1.60. The SMILES string of the molecule is COc1ccc(-c2nnc(CSc3nc4cc(F)c(F)cc4[nH]3)o2)cc1. The zero-order valence-electron chi connectivity index (χ0n) is 13.5. The van der Waals surface area contributed by atoms with Crippen molar-refractivity contribution < 1.29 is 17.9 Å². The third-order valence-electron chi connectivity index (χ3n) is 3.64. The van der Waals surface area contributed by atoms with Crippen LogP contribution in [-0.2, 0) is 5.75 Å². The van der Waals surface area contributed by atoms with Gasteiger partial charge in [0, 0.05) is 17.7 Å². The third kappa shape index (κ3) is 3.25. The van der Waals surface area contributed by atoms with Crippen LogP contribution in [0.2, 0.25) is 0 Å². The first kappa shape index (κ1) is 16.5. The van der Waals surface area contributed by atoms with E-state index in [4.69, 9.17) is 9.15 Å². The molecule has 26 heavy (non-hydrogen) atoms. The Morgan fingerprint density at radius 1 is 1.12 bits per heavy atom. The maximum Gasteiger partial charge on any atom is 0.247 e. The van der Waals surface area contributed by atoms with Gasteiger partial charge in [0.25, 0.3) is 0 Å². The molecule has 9 heteroatoms. The largest absolute Gasteiger partial charge is 0.497 e. The number of hydrogen-bond donors (Lipinski definition) is 1. The average molecular weight is 374 g/mol. The zero-order valence-corrected chi connectivity index (χ0v) is 14.3. The van der Waals surface area contributed by atoms with Gasteiger partial charge in [-0.25, -0.2) is 13.8 Å². The minimum absolute atomic E-state index is 0.357. The second-order valence-corrected chi connectivity index (χ2v) is 6.31. The molecule has 0 bridgehead atoms. The quantitative estimate of drug-likeness (QED) is 0.528. The van der Waals surface area contributed by atoms with Gasteiger partial charge in [-0.1, -0.05) is 11.8 Å². The minimum atomic E-state index is -0.929. The van der Waals surface area contributed by atoms with Crippen molar-refractivity contribution in [3.05, 3.63) is 53.9 Å². The standard InChI is InChI=1S/C17H12F2N4O2S/c1-24-10-4-2-9(3-5-10)16-23-22-15(25-16)8-26-17-20-13-6-11(18)12(19)7-14(13)21-17/h2-7H,8H2,1H3,(H,20,21). The van der Waals surface area contributed by atoms with Gasteiger partial charge in [-0.05, 0) is 24.3 Å². The molecule has 0 fully saturated rings. The summed E-state index contributed by atoms with van der Waals surface area (Å²) in [6, 6.07) is 9.40. The van der Waals surface area contributed by atoms with Gasteiger partial charge in [-0.3, -0.25) is 0 Å². The summed E-state index contributed by atoms with van der Waals surface area (Å²) in [5.74, 6) is 0.0752. The molecule has 4 aromatic rings. The van der Waals surface area contributed by atoms with Gasteiger partial charge in [0.1, 0.15) is 5.75 Å². The van der Waals surface area contributed by atoms with E-state index >= 15 is 0 Å². The van der Waals surface area contributed by atoms with E-state index in [1.54, 1.807) is 19.2 Å². The predicted octanol–water partition coefficient (Wildman–Crippen LogP) is 4.19. The highest BCUT2D eigenvalue weighted by molar-refractivity contribution is 7.98. The first-order valence-corrected chi connectivity index (χ1v) is 8.55. The zero-order chi connectivity index (χ0) is 18.1. The molecule has 2 heterocycles. The number of ether oxygens (including phenoxy) is 1. The molecule has 2 aromatic heterocycles. The van der Waals surface area contributed by atoms with Crippen molar-refractivity contribution in [1.29, 1.82) is 0 Å². The molecule has 0 saturated heterocycles. The molecule has 1 N–H and O–H groups in total. The first-order chi connectivity index (χ1) is 12.6. The Bertz CT molecular complexity index is 1020. The number of thioether (sulfide) groups is 1. The third-order valence-corrected chi connectivity index (χ3v) is 4.50. The highest BCUT2D eigenvalue weighted by Crippen LogP contribution is 2.26. The fraction of sp³-hybridized carbons (Fsp3) is 0.118. The summed E-state index contributed by atoms with van der Waals surface area (Å²) < 4.78 is 37.2. The number of nitrogens with zero attached hydrogens (tertiary/aromatic N) is 3. The number of nitrogens with one attached hydrogen (secondary N) is 1. The first-order valence-electron chi connectivity index (χ1n) is 7.57. The van der Waals surface area contributed by atoms with Crippen LogP contribution in [0.4, 0.5) is 8.78 Å². The van der Waals surface area contributed by atoms with Crippen LogP contribution in [0.15, 0.2) is 46.0 Å². The topological polar surface area (TPSA) is 76.8 Å². The summed E-state index contributed by atoms with van der Waals surface area (Å²) in [4.78, 5) is 7.14. The molecule has 4 rings (SSSR count). The monoisotopic (exact) mass is 374 g/mol. The van der Waals surface area contributed by atoms with E-state index in [0.717, 1.165) is 23.4 Å². The van der Waals surface area contributed by atoms with Crippen LogP contribution < -0.4 is 4.74 Å². The number of aromatic amines is 1. The molecule has 0 spiro atoms. The molecular formula is C17H12F2N4O2S. The molecule has 132 valence electrons. The Labute approximate surface area is 150 Å². The van der Waals surface area contributed by atoms with Crippen molar-refractivity contribution in [2.24, 2.45) is 0 Å². The minimum Gasteiger partial charge on any atom is -0.497 e. The van der Waals surface area contributed by atoms with Crippen molar-refractivity contribution in [2.45, 2.75) is 10.9 Å². The molecule has 0 aliphatic carbocycles. The molecule has 0 radical (unpaired) electrons. The van der Waals surface area contributed by atoms with Crippen LogP contribution >= 0.6 is 11.8 Å². The second kappa shape index (κ2) is 6.75. The number of hydrogen-bond acceptors (Lipinski definition) is 6. The average Bonchev–Trinajstić information content (AvgIpc) is 3.27. The van der Waals surface area contributed by atoms with E-state index in [-0.39, 0.29) is 0 Å². The summed E-state index contributed by atoms with van der Waals surface area (Å²) in [5, 5.41) is 8.53. The Balaban J connectivity index is 1.47. The highest BCUT2D eigenvalue weighted by Gasteiger charge is 2.12. The summed E-state index contributed by atoms with van der Waals surface area (Å²) in [6.45, 7) is 0. The Morgan fingerprint density at radius 3 is 2.65 bits per heavy atom. The lowest BCUT2D eigenvalue weighted by Crippen LogP contribution is -1.82. The van der Waals surface area contributed by atoms with E-state index in [2.05, 4.69) is 20.2 Å². The van der Waals surface area contributed by atoms with Crippen molar-refractivity contribution in [3.8, 4) is 17.2 Å². The number of benzene rings is 2. The van der Waals surface area contributed by atoms with E-state index in [9.17, 15) is 8.78 Å². The van der Waals surface area contributed by atoms with Crippen molar-refractivity contribution in [1.82, 2.24) is 20.2 Å². The molecule has 0 saturated carbocycles. The lowest BCUT2D eigenvalue weighted by molar-refractivity contribution is 0.415. The number of aromatic nitrogens is 4. The molecule has 0 aliphatic heterocycles. The fourth-order valence-corrected chi connectivity index (χ4v) is 3.06. The molecule has 0 atom stereocenters. The fourth-order valence-electron chi connectivity index (χ4n) is 2.34. The van der Waals surface area contributed by atoms with Gasteiger partial charge in [-0.2, -0.15) is 0 Å². The molecule has 0 aliphatic rings. The van der Waals surface area contributed by atoms with Gasteiger partial charge >= 0.3 is 0 Å². The van der Waals surface area contributed by atoms with Gasteiger partial charge in [0.15, 0.2) is 16.8 Å². The van der Waals surface area contributed by atoms with Crippen LogP contribution in [0, 0.1) is 11.6 Å². The number of imidazole rings is 1. The summed E-state index contributed by atoms with van der Waals surface area (Å²) in [6.07, 6.45) is 0. The predicted molar refractivity (Wildman–Crippen MR) is 91.9 cm³/mol. The molecule has 6 nitrogen and oxygen atoms in total. The van der Waals surface area contributed by atoms with Crippen molar-refractivity contribution in [2.75, 3.05) is 7.11 Å². The number of methoxy groups -OCH3 is 1. The van der Waals surface area contributed by atoms with Crippen LogP contribution in [0.25, 0.3) is 22.5 Å². The molecular weight excluding hydrogens is 362 g/mol. The number of halogens is 2. The van der Waals surface area contributed by atoms with Gasteiger partial charge in [-0.15, -0.1) is 10.2 Å². The number of H-pyrrole nitrogens is 1. The maximum atomic E-state index is 13.2. The molecule has 0 unspecified atom stereocenters.